The van der Waals surface area contributed by atoms with Crippen LogP contribution in [0.3, 0.4) is 0 Å². The van der Waals surface area contributed by atoms with Crippen molar-refractivity contribution < 1.29 is 22.6 Å². The van der Waals surface area contributed by atoms with Crippen LogP contribution in [0, 0.1) is 17.5 Å². The maximum atomic E-state index is 13.5. The van der Waals surface area contributed by atoms with E-state index in [-0.39, 0.29) is 12.5 Å². The minimum atomic E-state index is -1.51. The maximum Gasteiger partial charge on any atom is 0.231 e. The summed E-state index contributed by atoms with van der Waals surface area (Å²) in [5.41, 5.74) is 0.326. The largest absolute Gasteiger partial charge is 0.454 e. The minimum absolute atomic E-state index is 0.123. The lowest BCUT2D eigenvalue weighted by Crippen LogP contribution is -1.98. The molecule has 6 heteroatoms. The number of anilines is 2. The Morgan fingerprint density at radius 2 is 1.68 bits per heavy atom. The van der Waals surface area contributed by atoms with Gasteiger partial charge in [0, 0.05) is 11.8 Å². The van der Waals surface area contributed by atoms with Crippen LogP contribution in [-0.4, -0.2) is 6.79 Å². The molecule has 2 aromatic rings. The van der Waals surface area contributed by atoms with Gasteiger partial charge in [0.15, 0.2) is 29.0 Å². The summed E-state index contributed by atoms with van der Waals surface area (Å²) in [6.07, 6.45) is 0. The third kappa shape index (κ3) is 2.05. The fraction of sp³-hybridized carbons (Fsp3) is 0.0769. The maximum absolute atomic E-state index is 13.5. The summed E-state index contributed by atoms with van der Waals surface area (Å²) in [4.78, 5) is 0. The third-order valence-corrected chi connectivity index (χ3v) is 2.69. The van der Waals surface area contributed by atoms with Crippen molar-refractivity contribution in [2.75, 3.05) is 12.1 Å². The minimum Gasteiger partial charge on any atom is -0.454 e. The van der Waals surface area contributed by atoms with E-state index in [1.165, 1.54) is 0 Å². The molecule has 3 rings (SSSR count). The predicted octanol–water partition coefficient (Wildman–Crippen LogP) is 3.58. The SMILES string of the molecule is Fc1ccc(Nc2ccc3c(c2)OCO3)c(F)c1F. The van der Waals surface area contributed by atoms with Crippen molar-refractivity contribution in [3.63, 3.8) is 0 Å². The monoisotopic (exact) mass is 267 g/mol. The Labute approximate surface area is 106 Å². The van der Waals surface area contributed by atoms with Gasteiger partial charge in [0.25, 0.3) is 0 Å². The van der Waals surface area contributed by atoms with Gasteiger partial charge in [0.05, 0.1) is 5.69 Å². The highest BCUT2D eigenvalue weighted by molar-refractivity contribution is 5.64. The first-order valence-corrected chi connectivity index (χ1v) is 5.45. The molecule has 98 valence electrons. The summed E-state index contributed by atoms with van der Waals surface area (Å²) in [6.45, 7) is 0.123. The summed E-state index contributed by atoms with van der Waals surface area (Å²) in [6, 6.07) is 6.83. The number of hydrogen-bond acceptors (Lipinski definition) is 3. The molecule has 0 radical (unpaired) electrons. The average molecular weight is 267 g/mol. The molecule has 19 heavy (non-hydrogen) atoms. The quantitative estimate of drug-likeness (QED) is 0.844. The molecule has 1 aliphatic heterocycles. The highest BCUT2D eigenvalue weighted by atomic mass is 19.2. The number of nitrogens with one attached hydrogen (secondary N) is 1. The smallest absolute Gasteiger partial charge is 0.231 e. The molecule has 0 saturated heterocycles. The van der Waals surface area contributed by atoms with E-state index in [0.717, 1.165) is 12.1 Å². The van der Waals surface area contributed by atoms with Crippen LogP contribution in [0.5, 0.6) is 11.5 Å². The summed E-state index contributed by atoms with van der Waals surface area (Å²) in [7, 11) is 0. The normalized spacial score (nSPS) is 12.6. The molecular formula is C13H8F3NO2. The van der Waals surface area contributed by atoms with Gasteiger partial charge in [-0.2, -0.15) is 0 Å². The molecule has 0 aliphatic carbocycles. The number of rotatable bonds is 2. The van der Waals surface area contributed by atoms with Crippen LogP contribution >= 0.6 is 0 Å². The molecule has 1 N–H and O–H groups in total. The van der Waals surface area contributed by atoms with Crippen LogP contribution in [0.2, 0.25) is 0 Å². The molecule has 3 nitrogen and oxygen atoms in total. The Morgan fingerprint density at radius 3 is 2.53 bits per heavy atom. The Balaban J connectivity index is 1.91. The van der Waals surface area contributed by atoms with Crippen molar-refractivity contribution in [1.29, 1.82) is 0 Å². The van der Waals surface area contributed by atoms with E-state index in [9.17, 15) is 13.2 Å². The Bertz CT molecular complexity index is 646. The standard InChI is InChI=1S/C13H8F3NO2/c14-8-2-3-9(13(16)12(8)15)17-7-1-4-10-11(5-7)19-6-18-10/h1-5,17H,6H2. The molecule has 1 heterocycles. The van der Waals surface area contributed by atoms with Crippen LogP contribution in [0.4, 0.5) is 24.5 Å². The molecule has 0 fully saturated rings. The molecule has 0 amide bonds. The molecule has 2 aromatic carbocycles. The molecular weight excluding hydrogens is 259 g/mol. The molecule has 1 aliphatic rings. The van der Waals surface area contributed by atoms with E-state index >= 15 is 0 Å². The molecule has 0 spiro atoms. The van der Waals surface area contributed by atoms with E-state index in [4.69, 9.17) is 9.47 Å². The van der Waals surface area contributed by atoms with Crippen molar-refractivity contribution in [2.24, 2.45) is 0 Å². The fourth-order valence-electron chi connectivity index (χ4n) is 1.75. The van der Waals surface area contributed by atoms with Crippen LogP contribution in [-0.2, 0) is 0 Å². The highest BCUT2D eigenvalue weighted by Crippen LogP contribution is 2.35. The zero-order chi connectivity index (χ0) is 13.4. The molecule has 0 unspecified atom stereocenters. The van der Waals surface area contributed by atoms with Crippen molar-refractivity contribution in [3.05, 3.63) is 47.8 Å². The zero-order valence-corrected chi connectivity index (χ0v) is 9.54. The van der Waals surface area contributed by atoms with Crippen molar-refractivity contribution in [3.8, 4) is 11.5 Å². The first-order valence-electron chi connectivity index (χ1n) is 5.45. The van der Waals surface area contributed by atoms with Crippen molar-refractivity contribution in [1.82, 2.24) is 0 Å². The average Bonchev–Trinajstić information content (AvgIpc) is 2.87. The van der Waals surface area contributed by atoms with Gasteiger partial charge in [0.1, 0.15) is 0 Å². The van der Waals surface area contributed by atoms with Gasteiger partial charge in [-0.3, -0.25) is 0 Å². The van der Waals surface area contributed by atoms with Crippen LogP contribution in [0.25, 0.3) is 0 Å². The second-order valence-corrected chi connectivity index (χ2v) is 3.92. The van der Waals surface area contributed by atoms with E-state index in [1.807, 2.05) is 0 Å². The lowest BCUT2D eigenvalue weighted by atomic mass is 10.2. The number of hydrogen-bond donors (Lipinski definition) is 1. The first kappa shape index (κ1) is 11.7. The van der Waals surface area contributed by atoms with E-state index in [1.54, 1.807) is 18.2 Å². The third-order valence-electron chi connectivity index (χ3n) is 2.69. The second-order valence-electron chi connectivity index (χ2n) is 3.92. The van der Waals surface area contributed by atoms with Gasteiger partial charge in [0.2, 0.25) is 6.79 Å². The first-order chi connectivity index (χ1) is 9.15. The fourth-order valence-corrected chi connectivity index (χ4v) is 1.75. The van der Waals surface area contributed by atoms with Crippen molar-refractivity contribution in [2.45, 2.75) is 0 Å². The molecule has 0 bridgehead atoms. The lowest BCUT2D eigenvalue weighted by molar-refractivity contribution is 0.174. The number of fused-ring (bicyclic) bond motifs is 1. The van der Waals surface area contributed by atoms with Crippen LogP contribution in [0.15, 0.2) is 30.3 Å². The van der Waals surface area contributed by atoms with E-state index < -0.39 is 17.5 Å². The zero-order valence-electron chi connectivity index (χ0n) is 9.54. The van der Waals surface area contributed by atoms with Gasteiger partial charge in [-0.1, -0.05) is 0 Å². The highest BCUT2D eigenvalue weighted by Gasteiger charge is 2.16. The number of benzene rings is 2. The predicted molar refractivity (Wildman–Crippen MR) is 62.2 cm³/mol. The topological polar surface area (TPSA) is 30.5 Å². The Morgan fingerprint density at radius 1 is 0.895 bits per heavy atom. The number of halogens is 3. The van der Waals surface area contributed by atoms with Gasteiger partial charge < -0.3 is 14.8 Å². The second kappa shape index (κ2) is 4.38. The van der Waals surface area contributed by atoms with E-state index in [0.29, 0.717) is 17.2 Å². The van der Waals surface area contributed by atoms with Gasteiger partial charge >= 0.3 is 0 Å². The van der Waals surface area contributed by atoms with Gasteiger partial charge in [-0.05, 0) is 24.3 Å². The van der Waals surface area contributed by atoms with Crippen LogP contribution < -0.4 is 14.8 Å². The molecule has 0 aromatic heterocycles. The van der Waals surface area contributed by atoms with Crippen molar-refractivity contribution >= 4 is 11.4 Å². The Hall–Kier alpha value is -2.37. The van der Waals surface area contributed by atoms with E-state index in [2.05, 4.69) is 5.32 Å². The lowest BCUT2D eigenvalue weighted by Gasteiger charge is -2.09. The van der Waals surface area contributed by atoms with Gasteiger partial charge in [-0.15, -0.1) is 0 Å². The summed E-state index contributed by atoms with van der Waals surface area (Å²) >= 11 is 0. The van der Waals surface area contributed by atoms with Crippen LogP contribution in [0.1, 0.15) is 0 Å². The van der Waals surface area contributed by atoms with Gasteiger partial charge in [-0.25, -0.2) is 13.2 Å². The molecule has 0 atom stereocenters. The molecule has 0 saturated carbocycles. The summed E-state index contributed by atoms with van der Waals surface area (Å²) in [5, 5.41) is 2.65. The summed E-state index contributed by atoms with van der Waals surface area (Å²) in [5.74, 6) is -2.92. The number of ether oxygens (including phenoxy) is 2. The Kier molecular flexibility index (Phi) is 2.70. The summed E-state index contributed by atoms with van der Waals surface area (Å²) < 4.78 is 49.7.